The Morgan fingerprint density at radius 2 is 1.72 bits per heavy atom. The third-order valence-corrected chi connectivity index (χ3v) is 7.39. The van der Waals surface area contributed by atoms with Crippen molar-refractivity contribution in [2.24, 2.45) is 0 Å². The average molecular weight is 490 g/mol. The van der Waals surface area contributed by atoms with E-state index in [-0.39, 0.29) is 11.9 Å². The highest BCUT2D eigenvalue weighted by molar-refractivity contribution is 7.99. The number of amides is 1. The van der Waals surface area contributed by atoms with Gasteiger partial charge in [-0.3, -0.25) is 9.78 Å². The van der Waals surface area contributed by atoms with Crippen LogP contribution in [-0.2, 0) is 0 Å². The van der Waals surface area contributed by atoms with Gasteiger partial charge in [-0.15, -0.1) is 0 Å². The first-order valence-electron chi connectivity index (χ1n) is 11.6. The van der Waals surface area contributed by atoms with Crippen LogP contribution in [0.5, 0.6) is 0 Å². The summed E-state index contributed by atoms with van der Waals surface area (Å²) in [5, 5.41) is 6.53. The van der Waals surface area contributed by atoms with Gasteiger partial charge in [0.05, 0.1) is 29.3 Å². The number of fused-ring (bicyclic) bond motifs is 3. The van der Waals surface area contributed by atoms with E-state index in [9.17, 15) is 4.79 Å². The molecule has 1 aliphatic rings. The lowest BCUT2D eigenvalue weighted by Gasteiger charge is -2.21. The maximum absolute atomic E-state index is 12.8. The van der Waals surface area contributed by atoms with E-state index in [0.717, 1.165) is 28.1 Å². The van der Waals surface area contributed by atoms with Gasteiger partial charge < -0.3 is 15.0 Å². The van der Waals surface area contributed by atoms with Crippen molar-refractivity contribution in [3.8, 4) is 0 Å². The standard InChI is InChI=1S/C29H23N5OS/c1-18(21-12-13-27-23(14-21)32-22-10-6-7-11-26(22)36-27)24-16-34-17-25(33-28(34)15-30-24)29(35)31-19(2)20-8-4-3-5-9-20/h3-17,19,32H,1H2,2H3,(H,31,35)/t19-/m1/s1. The number of rotatable bonds is 5. The number of carbonyl (C=O) groups excluding carboxylic acids is 1. The minimum atomic E-state index is -0.228. The lowest BCUT2D eigenvalue weighted by molar-refractivity contribution is 0.0935. The molecular formula is C29H23N5OS. The van der Waals surface area contributed by atoms with Gasteiger partial charge in [0.1, 0.15) is 5.69 Å². The molecule has 0 saturated heterocycles. The fraction of sp³-hybridized carbons (Fsp3) is 0.0690. The molecule has 3 heterocycles. The number of imidazole rings is 1. The third kappa shape index (κ3) is 4.14. The minimum absolute atomic E-state index is 0.125. The molecular weight excluding hydrogens is 466 g/mol. The molecule has 5 aromatic rings. The first-order valence-corrected chi connectivity index (χ1v) is 12.4. The molecule has 6 rings (SSSR count). The summed E-state index contributed by atoms with van der Waals surface area (Å²) in [6, 6.07) is 24.3. The quantitative estimate of drug-likeness (QED) is 0.290. The highest BCUT2D eigenvalue weighted by atomic mass is 32.2. The number of hydrogen-bond donors (Lipinski definition) is 2. The molecule has 36 heavy (non-hydrogen) atoms. The predicted molar refractivity (Wildman–Crippen MR) is 144 cm³/mol. The van der Waals surface area contributed by atoms with E-state index >= 15 is 0 Å². The summed E-state index contributed by atoms with van der Waals surface area (Å²) < 4.78 is 1.82. The summed E-state index contributed by atoms with van der Waals surface area (Å²) in [5.74, 6) is -0.228. The molecule has 0 radical (unpaired) electrons. The third-order valence-electron chi connectivity index (χ3n) is 6.23. The van der Waals surface area contributed by atoms with Crippen LogP contribution in [0.3, 0.4) is 0 Å². The molecule has 1 amide bonds. The van der Waals surface area contributed by atoms with Gasteiger partial charge >= 0.3 is 0 Å². The normalized spacial score (nSPS) is 12.8. The van der Waals surface area contributed by atoms with Gasteiger partial charge in [0, 0.05) is 27.8 Å². The first-order chi connectivity index (χ1) is 17.5. The van der Waals surface area contributed by atoms with E-state index in [1.807, 2.05) is 60.0 Å². The van der Waals surface area contributed by atoms with Crippen molar-refractivity contribution in [3.63, 3.8) is 0 Å². The fourth-order valence-corrected chi connectivity index (χ4v) is 5.20. The molecule has 1 aliphatic heterocycles. The van der Waals surface area contributed by atoms with Gasteiger partial charge in [-0.25, -0.2) is 4.98 Å². The Bertz CT molecular complexity index is 1630. The molecule has 7 heteroatoms. The van der Waals surface area contributed by atoms with Gasteiger partial charge in [0.25, 0.3) is 5.91 Å². The summed E-state index contributed by atoms with van der Waals surface area (Å²) in [4.78, 5) is 24.2. The second-order valence-corrected chi connectivity index (χ2v) is 9.77. The highest BCUT2D eigenvalue weighted by Crippen LogP contribution is 2.44. The second-order valence-electron chi connectivity index (χ2n) is 8.68. The average Bonchev–Trinajstić information content (AvgIpc) is 3.35. The molecule has 0 fully saturated rings. The van der Waals surface area contributed by atoms with E-state index in [1.165, 1.54) is 9.79 Å². The Balaban J connectivity index is 1.23. The Morgan fingerprint density at radius 1 is 0.972 bits per heavy atom. The molecule has 1 atom stereocenters. The van der Waals surface area contributed by atoms with Crippen LogP contribution in [0.1, 0.15) is 40.3 Å². The number of anilines is 2. The number of aromatic nitrogens is 3. The zero-order valence-electron chi connectivity index (χ0n) is 19.6. The number of para-hydroxylation sites is 1. The van der Waals surface area contributed by atoms with Gasteiger partial charge in [-0.05, 0) is 42.3 Å². The van der Waals surface area contributed by atoms with Gasteiger partial charge in [0.15, 0.2) is 5.65 Å². The van der Waals surface area contributed by atoms with Crippen LogP contribution in [0, 0.1) is 0 Å². The first kappa shape index (κ1) is 22.1. The summed E-state index contributed by atoms with van der Waals surface area (Å²) in [5.41, 5.74) is 6.62. The zero-order chi connectivity index (χ0) is 24.6. The number of hydrogen-bond acceptors (Lipinski definition) is 5. The minimum Gasteiger partial charge on any atom is -0.354 e. The Hall–Kier alpha value is -4.36. The van der Waals surface area contributed by atoms with Crippen LogP contribution in [0.25, 0.3) is 11.2 Å². The van der Waals surface area contributed by atoms with Crippen LogP contribution in [-0.4, -0.2) is 20.3 Å². The van der Waals surface area contributed by atoms with Gasteiger partial charge in [0.2, 0.25) is 0 Å². The van der Waals surface area contributed by atoms with Crippen molar-refractivity contribution in [3.05, 3.63) is 120 Å². The largest absolute Gasteiger partial charge is 0.354 e. The molecule has 3 aromatic carbocycles. The van der Waals surface area contributed by atoms with E-state index in [2.05, 4.69) is 57.5 Å². The lowest BCUT2D eigenvalue weighted by Crippen LogP contribution is -2.26. The van der Waals surface area contributed by atoms with Crippen molar-refractivity contribution < 1.29 is 4.79 Å². The van der Waals surface area contributed by atoms with E-state index in [4.69, 9.17) is 0 Å². The molecule has 2 N–H and O–H groups in total. The van der Waals surface area contributed by atoms with E-state index in [0.29, 0.717) is 17.0 Å². The molecule has 0 aliphatic carbocycles. The number of nitrogens with zero attached hydrogens (tertiary/aromatic N) is 3. The van der Waals surface area contributed by atoms with Gasteiger partial charge in [-0.1, -0.05) is 66.9 Å². The molecule has 0 spiro atoms. The monoisotopic (exact) mass is 489 g/mol. The van der Waals surface area contributed by atoms with Crippen molar-refractivity contribution in [1.29, 1.82) is 0 Å². The Labute approximate surface area is 213 Å². The van der Waals surface area contributed by atoms with E-state index in [1.54, 1.807) is 24.2 Å². The molecule has 0 bridgehead atoms. The van der Waals surface area contributed by atoms with E-state index < -0.39 is 0 Å². The van der Waals surface area contributed by atoms with Crippen molar-refractivity contribution in [1.82, 2.24) is 19.7 Å². The topological polar surface area (TPSA) is 71.3 Å². The lowest BCUT2D eigenvalue weighted by atomic mass is 10.0. The van der Waals surface area contributed by atoms with Crippen LogP contribution < -0.4 is 10.6 Å². The van der Waals surface area contributed by atoms with Crippen LogP contribution in [0.2, 0.25) is 0 Å². The number of benzene rings is 3. The maximum Gasteiger partial charge on any atom is 0.271 e. The summed E-state index contributed by atoms with van der Waals surface area (Å²) in [6.45, 7) is 6.26. The Kier molecular flexibility index (Phi) is 5.54. The van der Waals surface area contributed by atoms with Crippen molar-refractivity contribution in [2.45, 2.75) is 22.8 Å². The van der Waals surface area contributed by atoms with Crippen LogP contribution in [0.4, 0.5) is 11.4 Å². The van der Waals surface area contributed by atoms with Crippen LogP contribution in [0.15, 0.2) is 108 Å². The summed E-state index contributed by atoms with van der Waals surface area (Å²) in [7, 11) is 0. The summed E-state index contributed by atoms with van der Waals surface area (Å²) in [6.07, 6.45) is 5.25. The predicted octanol–water partition coefficient (Wildman–Crippen LogP) is 6.49. The molecule has 6 nitrogen and oxygen atoms in total. The molecule has 0 saturated carbocycles. The zero-order valence-corrected chi connectivity index (χ0v) is 20.4. The molecule has 0 unspecified atom stereocenters. The smallest absolute Gasteiger partial charge is 0.271 e. The van der Waals surface area contributed by atoms with Gasteiger partial charge in [-0.2, -0.15) is 0 Å². The highest BCUT2D eigenvalue weighted by Gasteiger charge is 2.18. The SMILES string of the molecule is C=C(c1ccc2c(c1)Nc1ccccc1S2)c1cn2cc(C(=O)N[C@H](C)c3ccccc3)nc2cn1. The second kappa shape index (κ2) is 9.02. The van der Waals surface area contributed by atoms with Crippen molar-refractivity contribution in [2.75, 3.05) is 5.32 Å². The molecule has 176 valence electrons. The number of carbonyl (C=O) groups is 1. The summed E-state index contributed by atoms with van der Waals surface area (Å²) >= 11 is 1.75. The number of nitrogens with one attached hydrogen (secondary N) is 2. The fourth-order valence-electron chi connectivity index (χ4n) is 4.23. The van der Waals surface area contributed by atoms with Crippen LogP contribution >= 0.6 is 11.8 Å². The molecule has 2 aromatic heterocycles. The Morgan fingerprint density at radius 3 is 2.58 bits per heavy atom. The van der Waals surface area contributed by atoms with Crippen molar-refractivity contribution >= 4 is 40.3 Å². The maximum atomic E-state index is 12.8.